The van der Waals surface area contributed by atoms with Gasteiger partial charge in [0.15, 0.2) is 0 Å². The Kier molecular flexibility index (Phi) is 4.40. The molecule has 0 heterocycles. The molecule has 0 N–H and O–H groups in total. The average Bonchev–Trinajstić information content (AvgIpc) is 1.98. The van der Waals surface area contributed by atoms with Gasteiger partial charge in [-0.3, -0.25) is 0 Å². The summed E-state index contributed by atoms with van der Waals surface area (Å²) in [6.45, 7) is 9.03. The second-order valence-corrected chi connectivity index (χ2v) is 3.15. The third-order valence-corrected chi connectivity index (χ3v) is 1.50. The number of urea groups is 1. The fraction of sp³-hybridized carbons (Fsp3) is 0.667. The number of nitrogens with zero attached hydrogens (tertiary/aromatic N) is 2. The topological polar surface area (TPSA) is 23.6 Å². The van der Waals surface area contributed by atoms with Crippen molar-refractivity contribution >= 4 is 6.03 Å². The van der Waals surface area contributed by atoms with Crippen LogP contribution in [0.15, 0.2) is 12.2 Å². The number of carbonyl (C=O) groups excluding carboxylic acids is 1. The number of carbonyl (C=O) groups is 1. The maximum atomic E-state index is 11.4. The Hall–Kier alpha value is -0.990. The van der Waals surface area contributed by atoms with Crippen molar-refractivity contribution in [3.05, 3.63) is 12.2 Å². The molecule has 0 rings (SSSR count). The molecule has 70 valence electrons. The van der Waals surface area contributed by atoms with E-state index >= 15 is 0 Å². The van der Waals surface area contributed by atoms with Gasteiger partial charge in [0, 0.05) is 27.2 Å². The van der Waals surface area contributed by atoms with Crippen molar-refractivity contribution in [2.45, 2.75) is 13.8 Å². The summed E-state index contributed by atoms with van der Waals surface area (Å²) in [6.07, 6.45) is 0. The minimum atomic E-state index is 0.0421. The first-order valence-corrected chi connectivity index (χ1v) is 4.09. The van der Waals surface area contributed by atoms with Gasteiger partial charge in [0.2, 0.25) is 0 Å². The van der Waals surface area contributed by atoms with Crippen molar-refractivity contribution in [3.63, 3.8) is 0 Å². The molecule has 0 saturated heterocycles. The van der Waals surface area contributed by atoms with Crippen LogP contribution in [0.2, 0.25) is 0 Å². The van der Waals surface area contributed by atoms with Gasteiger partial charge in [-0.25, -0.2) is 4.79 Å². The number of likely N-dealkylation sites (N-methyl/N-ethyl adjacent to an activating group) is 1. The lowest BCUT2D eigenvalue weighted by Crippen LogP contribution is -2.39. The first-order valence-electron chi connectivity index (χ1n) is 4.09. The van der Waals surface area contributed by atoms with E-state index in [-0.39, 0.29) is 6.03 Å². The summed E-state index contributed by atoms with van der Waals surface area (Å²) >= 11 is 0. The van der Waals surface area contributed by atoms with Gasteiger partial charge in [0.1, 0.15) is 0 Å². The lowest BCUT2D eigenvalue weighted by Gasteiger charge is -2.24. The molecule has 0 fully saturated rings. The molecule has 0 aromatic rings. The van der Waals surface area contributed by atoms with E-state index in [0.29, 0.717) is 6.54 Å². The summed E-state index contributed by atoms with van der Waals surface area (Å²) in [5, 5.41) is 0. The molecule has 2 amide bonds. The van der Waals surface area contributed by atoms with Crippen LogP contribution in [0, 0.1) is 0 Å². The second-order valence-electron chi connectivity index (χ2n) is 3.15. The van der Waals surface area contributed by atoms with Gasteiger partial charge in [0.25, 0.3) is 0 Å². The number of amides is 2. The molecule has 0 bridgehead atoms. The van der Waals surface area contributed by atoms with Crippen LogP contribution in [0.5, 0.6) is 0 Å². The van der Waals surface area contributed by atoms with E-state index in [9.17, 15) is 4.79 Å². The van der Waals surface area contributed by atoms with Gasteiger partial charge in [-0.1, -0.05) is 12.2 Å². The third-order valence-electron chi connectivity index (χ3n) is 1.50. The fourth-order valence-electron chi connectivity index (χ4n) is 0.923. The molecule has 0 unspecified atom stereocenters. The van der Waals surface area contributed by atoms with Crippen LogP contribution in [-0.2, 0) is 0 Å². The summed E-state index contributed by atoms with van der Waals surface area (Å²) < 4.78 is 0. The van der Waals surface area contributed by atoms with E-state index in [2.05, 4.69) is 6.58 Å². The van der Waals surface area contributed by atoms with Crippen molar-refractivity contribution in [2.75, 3.05) is 27.2 Å². The van der Waals surface area contributed by atoms with E-state index in [1.54, 1.807) is 23.9 Å². The summed E-state index contributed by atoms with van der Waals surface area (Å²) in [4.78, 5) is 14.7. The molecular weight excluding hydrogens is 152 g/mol. The van der Waals surface area contributed by atoms with Gasteiger partial charge in [-0.05, 0) is 13.8 Å². The standard InChI is InChI=1S/C9H18N2O/c1-6-11(7-8(2)3)9(12)10(4)5/h2,6-7H2,1,3-5H3. The van der Waals surface area contributed by atoms with E-state index in [1.165, 1.54) is 0 Å². The van der Waals surface area contributed by atoms with Crippen LogP contribution in [0.4, 0.5) is 4.79 Å². The maximum Gasteiger partial charge on any atom is 0.319 e. The Labute approximate surface area is 74.7 Å². The molecule has 0 aromatic carbocycles. The second kappa shape index (κ2) is 4.80. The summed E-state index contributed by atoms with van der Waals surface area (Å²) in [7, 11) is 3.51. The fourth-order valence-corrected chi connectivity index (χ4v) is 0.923. The number of rotatable bonds is 3. The van der Waals surface area contributed by atoms with E-state index in [1.807, 2.05) is 13.8 Å². The summed E-state index contributed by atoms with van der Waals surface area (Å²) in [5.41, 5.74) is 1.01. The van der Waals surface area contributed by atoms with E-state index in [0.717, 1.165) is 12.1 Å². The molecule has 12 heavy (non-hydrogen) atoms. The van der Waals surface area contributed by atoms with E-state index in [4.69, 9.17) is 0 Å². The molecular formula is C9H18N2O. The lowest BCUT2D eigenvalue weighted by molar-refractivity contribution is 0.178. The monoisotopic (exact) mass is 170 g/mol. The van der Waals surface area contributed by atoms with Gasteiger partial charge in [-0.2, -0.15) is 0 Å². The lowest BCUT2D eigenvalue weighted by atomic mass is 10.3. The van der Waals surface area contributed by atoms with E-state index < -0.39 is 0 Å². The highest BCUT2D eigenvalue weighted by atomic mass is 16.2. The van der Waals surface area contributed by atoms with Crippen molar-refractivity contribution in [1.29, 1.82) is 0 Å². The molecule has 0 aromatic heterocycles. The molecule has 0 atom stereocenters. The van der Waals surface area contributed by atoms with Crippen LogP contribution in [-0.4, -0.2) is 43.0 Å². The largest absolute Gasteiger partial charge is 0.331 e. The average molecular weight is 170 g/mol. The normalized spacial score (nSPS) is 9.33. The Balaban J connectivity index is 4.15. The third kappa shape index (κ3) is 3.42. The minimum Gasteiger partial charge on any atom is -0.331 e. The smallest absolute Gasteiger partial charge is 0.319 e. The zero-order valence-electron chi connectivity index (χ0n) is 8.42. The van der Waals surface area contributed by atoms with Crippen molar-refractivity contribution < 1.29 is 4.79 Å². The Morgan fingerprint density at radius 2 is 1.92 bits per heavy atom. The van der Waals surface area contributed by atoms with Crippen LogP contribution < -0.4 is 0 Å². The highest BCUT2D eigenvalue weighted by Gasteiger charge is 2.12. The molecule has 3 nitrogen and oxygen atoms in total. The number of hydrogen-bond donors (Lipinski definition) is 0. The van der Waals surface area contributed by atoms with Crippen LogP contribution in [0.25, 0.3) is 0 Å². The van der Waals surface area contributed by atoms with Crippen molar-refractivity contribution in [2.24, 2.45) is 0 Å². The molecule has 0 radical (unpaired) electrons. The van der Waals surface area contributed by atoms with Gasteiger partial charge in [-0.15, -0.1) is 0 Å². The SMILES string of the molecule is C=C(C)CN(CC)C(=O)N(C)C. The van der Waals surface area contributed by atoms with Gasteiger partial charge >= 0.3 is 6.03 Å². The Morgan fingerprint density at radius 1 is 1.42 bits per heavy atom. The number of hydrogen-bond acceptors (Lipinski definition) is 1. The first kappa shape index (κ1) is 11.0. The quantitative estimate of drug-likeness (QED) is 0.590. The van der Waals surface area contributed by atoms with Crippen LogP contribution in [0.1, 0.15) is 13.8 Å². The van der Waals surface area contributed by atoms with Crippen LogP contribution in [0.3, 0.4) is 0 Å². The molecule has 0 spiro atoms. The van der Waals surface area contributed by atoms with Crippen LogP contribution >= 0.6 is 0 Å². The summed E-state index contributed by atoms with van der Waals surface area (Å²) in [5.74, 6) is 0. The highest BCUT2D eigenvalue weighted by Crippen LogP contribution is 1.98. The molecule has 3 heteroatoms. The predicted molar refractivity (Wildman–Crippen MR) is 51.1 cm³/mol. The molecule has 0 aliphatic rings. The Morgan fingerprint density at radius 3 is 2.17 bits per heavy atom. The Bertz CT molecular complexity index is 175. The minimum absolute atomic E-state index is 0.0421. The molecule has 0 aliphatic carbocycles. The zero-order valence-corrected chi connectivity index (χ0v) is 8.42. The zero-order chi connectivity index (χ0) is 9.72. The van der Waals surface area contributed by atoms with Gasteiger partial charge < -0.3 is 9.80 Å². The first-order chi connectivity index (χ1) is 5.49. The summed E-state index contributed by atoms with van der Waals surface area (Å²) in [6, 6.07) is 0.0421. The molecule has 0 aliphatic heterocycles. The molecule has 0 saturated carbocycles. The predicted octanol–water partition coefficient (Wildman–Crippen LogP) is 1.57. The van der Waals surface area contributed by atoms with Crippen molar-refractivity contribution in [3.8, 4) is 0 Å². The van der Waals surface area contributed by atoms with Crippen molar-refractivity contribution in [1.82, 2.24) is 9.80 Å². The maximum absolute atomic E-state index is 11.4. The van der Waals surface area contributed by atoms with Gasteiger partial charge in [0.05, 0.1) is 0 Å². The highest BCUT2D eigenvalue weighted by molar-refractivity contribution is 5.74.